The third kappa shape index (κ3) is 3.75. The van der Waals surface area contributed by atoms with Crippen LogP contribution in [0.5, 0.6) is 0 Å². The van der Waals surface area contributed by atoms with Gasteiger partial charge in [0.1, 0.15) is 6.33 Å². The van der Waals surface area contributed by atoms with Gasteiger partial charge < -0.3 is 10.6 Å². The summed E-state index contributed by atoms with van der Waals surface area (Å²) in [6.45, 7) is 1.43. The van der Waals surface area contributed by atoms with Gasteiger partial charge in [-0.05, 0) is 71.1 Å². The van der Waals surface area contributed by atoms with Gasteiger partial charge in [0.2, 0.25) is 5.91 Å². The number of primary amides is 1. The first kappa shape index (κ1) is 17.8. The predicted octanol–water partition coefficient (Wildman–Crippen LogP) is 1.47. The molecule has 2 N–H and O–H groups in total. The molecule has 0 aliphatic carbocycles. The lowest BCUT2D eigenvalue weighted by molar-refractivity contribution is 0.0787. The van der Waals surface area contributed by atoms with Crippen LogP contribution in [0.3, 0.4) is 0 Å². The van der Waals surface area contributed by atoms with Crippen molar-refractivity contribution >= 4 is 11.8 Å². The van der Waals surface area contributed by atoms with Crippen LogP contribution in [0.4, 0.5) is 0 Å². The van der Waals surface area contributed by atoms with E-state index in [1.807, 2.05) is 35.2 Å². The first-order valence-electron chi connectivity index (χ1n) is 9.11. The molecule has 1 aromatic heterocycles. The van der Waals surface area contributed by atoms with Crippen molar-refractivity contribution in [2.45, 2.75) is 12.8 Å². The number of hydrogen-bond donors (Lipinski definition) is 1. The number of amides is 2. The number of likely N-dealkylation sites (tertiary alicyclic amines) is 1. The Morgan fingerprint density at radius 2 is 1.93 bits per heavy atom. The second kappa shape index (κ2) is 7.59. The minimum Gasteiger partial charge on any atom is -0.366 e. The van der Waals surface area contributed by atoms with Gasteiger partial charge in [0.15, 0.2) is 0 Å². The number of aromatic nitrogens is 4. The quantitative estimate of drug-likeness (QED) is 0.725. The minimum atomic E-state index is -0.421. The fraction of sp³-hybridized carbons (Fsp3) is 0.250. The molecule has 4 rings (SSSR count). The standard InChI is InChI=1S/C20H20N6O2/c21-19(27)17-3-1-2-14(11-17)10-15-8-9-25(12-15)20(28)16-4-6-18(7-5-16)26-13-22-23-24-26/h1-7,11,13,15H,8-10,12H2,(H2,21,27)/t15-/m0/s1. The number of rotatable bonds is 5. The van der Waals surface area contributed by atoms with E-state index in [2.05, 4.69) is 15.5 Å². The summed E-state index contributed by atoms with van der Waals surface area (Å²) in [4.78, 5) is 26.0. The highest BCUT2D eigenvalue weighted by Crippen LogP contribution is 2.23. The third-order valence-corrected chi connectivity index (χ3v) is 5.04. The third-order valence-electron chi connectivity index (χ3n) is 5.04. The Hall–Kier alpha value is -3.55. The maximum Gasteiger partial charge on any atom is 0.253 e. The van der Waals surface area contributed by atoms with Gasteiger partial charge >= 0.3 is 0 Å². The van der Waals surface area contributed by atoms with Gasteiger partial charge in [0.05, 0.1) is 5.69 Å². The highest BCUT2D eigenvalue weighted by atomic mass is 16.2. The van der Waals surface area contributed by atoms with Gasteiger partial charge in [-0.25, -0.2) is 4.68 Å². The van der Waals surface area contributed by atoms with E-state index in [4.69, 9.17) is 5.73 Å². The van der Waals surface area contributed by atoms with E-state index in [0.717, 1.165) is 30.6 Å². The summed E-state index contributed by atoms with van der Waals surface area (Å²) in [5, 5.41) is 11.1. The van der Waals surface area contributed by atoms with Crippen LogP contribution in [0.2, 0.25) is 0 Å². The smallest absolute Gasteiger partial charge is 0.253 e. The SMILES string of the molecule is NC(=O)c1cccc(C[C@@H]2CCN(C(=O)c3ccc(-n4cnnn4)cc3)C2)c1. The van der Waals surface area contributed by atoms with Crippen molar-refractivity contribution in [3.05, 3.63) is 71.5 Å². The summed E-state index contributed by atoms with van der Waals surface area (Å²) < 4.78 is 1.54. The highest BCUT2D eigenvalue weighted by Gasteiger charge is 2.27. The van der Waals surface area contributed by atoms with E-state index in [0.29, 0.717) is 23.6 Å². The van der Waals surface area contributed by atoms with E-state index in [1.54, 1.807) is 22.9 Å². The molecule has 0 unspecified atom stereocenters. The normalized spacial score (nSPS) is 16.3. The molecule has 1 fully saturated rings. The van der Waals surface area contributed by atoms with E-state index in [9.17, 15) is 9.59 Å². The van der Waals surface area contributed by atoms with E-state index < -0.39 is 5.91 Å². The molecule has 8 heteroatoms. The molecule has 0 saturated carbocycles. The van der Waals surface area contributed by atoms with Crippen LogP contribution in [0, 0.1) is 5.92 Å². The Bertz CT molecular complexity index is 984. The average molecular weight is 376 g/mol. The molecule has 142 valence electrons. The summed E-state index contributed by atoms with van der Waals surface area (Å²) in [6.07, 6.45) is 3.27. The number of nitrogens with two attached hydrogens (primary N) is 1. The van der Waals surface area contributed by atoms with Crippen LogP contribution in [-0.2, 0) is 6.42 Å². The Balaban J connectivity index is 1.39. The lowest BCUT2D eigenvalue weighted by atomic mass is 9.97. The average Bonchev–Trinajstić information content (AvgIpc) is 3.40. The summed E-state index contributed by atoms with van der Waals surface area (Å²) >= 11 is 0. The van der Waals surface area contributed by atoms with Gasteiger partial charge in [-0.15, -0.1) is 5.10 Å². The zero-order valence-corrected chi connectivity index (χ0v) is 15.2. The van der Waals surface area contributed by atoms with E-state index in [-0.39, 0.29) is 5.91 Å². The molecule has 1 aliphatic rings. The molecule has 2 amide bonds. The molecule has 0 bridgehead atoms. The van der Waals surface area contributed by atoms with Crippen LogP contribution >= 0.6 is 0 Å². The largest absolute Gasteiger partial charge is 0.366 e. The number of carbonyl (C=O) groups is 2. The summed E-state index contributed by atoms with van der Waals surface area (Å²) in [5.74, 6) is -0.0283. The Kier molecular flexibility index (Phi) is 4.84. The van der Waals surface area contributed by atoms with Crippen molar-refractivity contribution in [1.82, 2.24) is 25.1 Å². The molecule has 0 radical (unpaired) electrons. The molecule has 1 atom stereocenters. The van der Waals surface area contributed by atoms with Crippen molar-refractivity contribution in [2.75, 3.05) is 13.1 Å². The van der Waals surface area contributed by atoms with Crippen LogP contribution in [-0.4, -0.2) is 50.0 Å². The van der Waals surface area contributed by atoms with Gasteiger partial charge in [-0.1, -0.05) is 12.1 Å². The maximum atomic E-state index is 12.8. The van der Waals surface area contributed by atoms with Crippen LogP contribution in [0.1, 0.15) is 32.7 Å². The maximum absolute atomic E-state index is 12.8. The van der Waals surface area contributed by atoms with Gasteiger partial charge in [-0.2, -0.15) is 0 Å². The number of hydrogen-bond acceptors (Lipinski definition) is 5. The second-order valence-corrected chi connectivity index (χ2v) is 6.98. The second-order valence-electron chi connectivity index (χ2n) is 6.98. The number of carbonyl (C=O) groups excluding carboxylic acids is 2. The first-order chi connectivity index (χ1) is 13.6. The molecular weight excluding hydrogens is 356 g/mol. The fourth-order valence-corrected chi connectivity index (χ4v) is 3.59. The number of tetrazole rings is 1. The van der Waals surface area contributed by atoms with Crippen molar-refractivity contribution in [1.29, 1.82) is 0 Å². The van der Waals surface area contributed by atoms with Crippen LogP contribution < -0.4 is 5.73 Å². The predicted molar refractivity (Wildman–Crippen MR) is 102 cm³/mol. The van der Waals surface area contributed by atoms with Crippen molar-refractivity contribution in [3.8, 4) is 5.69 Å². The fourth-order valence-electron chi connectivity index (χ4n) is 3.59. The monoisotopic (exact) mass is 376 g/mol. The molecule has 1 saturated heterocycles. The van der Waals surface area contributed by atoms with Crippen molar-refractivity contribution in [3.63, 3.8) is 0 Å². The summed E-state index contributed by atoms with van der Waals surface area (Å²) in [6, 6.07) is 14.6. The molecule has 28 heavy (non-hydrogen) atoms. The summed E-state index contributed by atoms with van der Waals surface area (Å²) in [7, 11) is 0. The topological polar surface area (TPSA) is 107 Å². The molecule has 2 aromatic carbocycles. The molecule has 1 aliphatic heterocycles. The Morgan fingerprint density at radius 3 is 2.64 bits per heavy atom. The molecule has 2 heterocycles. The minimum absolute atomic E-state index is 0.0247. The van der Waals surface area contributed by atoms with Gasteiger partial charge in [-0.3, -0.25) is 9.59 Å². The lowest BCUT2D eigenvalue weighted by Crippen LogP contribution is -2.29. The zero-order valence-electron chi connectivity index (χ0n) is 15.2. The highest BCUT2D eigenvalue weighted by molar-refractivity contribution is 5.94. The van der Waals surface area contributed by atoms with Crippen LogP contribution in [0.15, 0.2) is 54.9 Å². The first-order valence-corrected chi connectivity index (χ1v) is 9.11. The Labute approximate surface area is 162 Å². The zero-order chi connectivity index (χ0) is 19.5. The summed E-state index contributed by atoms with van der Waals surface area (Å²) in [5.41, 5.74) is 8.39. The molecule has 0 spiro atoms. The lowest BCUT2D eigenvalue weighted by Gasteiger charge is -2.17. The Morgan fingerprint density at radius 1 is 1.11 bits per heavy atom. The van der Waals surface area contributed by atoms with Gasteiger partial charge in [0, 0.05) is 24.2 Å². The van der Waals surface area contributed by atoms with Crippen LogP contribution in [0.25, 0.3) is 5.69 Å². The number of nitrogens with zero attached hydrogens (tertiary/aromatic N) is 5. The van der Waals surface area contributed by atoms with E-state index in [1.165, 1.54) is 6.33 Å². The molecule has 3 aromatic rings. The molecular formula is C20H20N6O2. The van der Waals surface area contributed by atoms with Crippen molar-refractivity contribution in [2.24, 2.45) is 11.7 Å². The van der Waals surface area contributed by atoms with E-state index >= 15 is 0 Å². The van der Waals surface area contributed by atoms with Gasteiger partial charge in [0.25, 0.3) is 5.91 Å². The van der Waals surface area contributed by atoms with Crippen molar-refractivity contribution < 1.29 is 9.59 Å². The number of benzene rings is 2. The molecule has 8 nitrogen and oxygen atoms in total.